The van der Waals surface area contributed by atoms with Crippen LogP contribution < -0.4 is 5.32 Å². The fourth-order valence-electron chi connectivity index (χ4n) is 1.55. The fourth-order valence-corrected chi connectivity index (χ4v) is 1.55. The van der Waals surface area contributed by atoms with Crippen LogP contribution in [-0.2, 0) is 0 Å². The van der Waals surface area contributed by atoms with Crippen molar-refractivity contribution in [3.63, 3.8) is 0 Å². The van der Waals surface area contributed by atoms with Gasteiger partial charge in [0.25, 0.3) is 0 Å². The molecule has 0 aliphatic heterocycles. The van der Waals surface area contributed by atoms with Gasteiger partial charge in [0.2, 0.25) is 0 Å². The van der Waals surface area contributed by atoms with Gasteiger partial charge in [-0.3, -0.25) is 0 Å². The third-order valence-corrected chi connectivity index (χ3v) is 2.55. The summed E-state index contributed by atoms with van der Waals surface area (Å²) in [4.78, 5) is 0. The van der Waals surface area contributed by atoms with Gasteiger partial charge < -0.3 is 5.32 Å². The van der Waals surface area contributed by atoms with Gasteiger partial charge in [0.1, 0.15) is 0 Å². The maximum absolute atomic E-state index is 3.54. The van der Waals surface area contributed by atoms with E-state index in [4.69, 9.17) is 0 Å². The molecule has 0 fully saturated rings. The van der Waals surface area contributed by atoms with Gasteiger partial charge in [0.05, 0.1) is 0 Å². The summed E-state index contributed by atoms with van der Waals surface area (Å²) < 4.78 is 0. The van der Waals surface area contributed by atoms with Crippen LogP contribution in [-0.4, -0.2) is 12.1 Å². The van der Waals surface area contributed by atoms with Crippen molar-refractivity contribution < 1.29 is 0 Å². The van der Waals surface area contributed by atoms with E-state index in [0.717, 1.165) is 6.54 Å². The first-order valence-electron chi connectivity index (χ1n) is 5.70. The summed E-state index contributed by atoms with van der Waals surface area (Å²) in [6, 6.07) is 8.77. The van der Waals surface area contributed by atoms with Crippen LogP contribution in [0.2, 0.25) is 0 Å². The van der Waals surface area contributed by atoms with E-state index < -0.39 is 0 Å². The Morgan fingerprint density at radius 3 is 2.47 bits per heavy atom. The molecule has 1 heteroatoms. The number of aryl methyl sites for hydroxylation is 1. The highest BCUT2D eigenvalue weighted by Gasteiger charge is 2.12. The lowest BCUT2D eigenvalue weighted by Gasteiger charge is -2.23. The van der Waals surface area contributed by atoms with Gasteiger partial charge >= 0.3 is 0 Å². The van der Waals surface area contributed by atoms with E-state index in [2.05, 4.69) is 64.2 Å². The predicted molar refractivity (Wildman–Crippen MR) is 67.3 cm³/mol. The Morgan fingerprint density at radius 2 is 1.93 bits per heavy atom. The molecule has 1 aromatic rings. The van der Waals surface area contributed by atoms with Crippen molar-refractivity contribution in [2.45, 2.75) is 46.1 Å². The lowest BCUT2D eigenvalue weighted by molar-refractivity contribution is 0.412. The van der Waals surface area contributed by atoms with Gasteiger partial charge in [0.15, 0.2) is 0 Å². The normalized spacial score (nSPS) is 13.9. The first kappa shape index (κ1) is 12.3. The summed E-state index contributed by atoms with van der Waals surface area (Å²) in [7, 11) is 0. The number of rotatable bonds is 3. The second kappa shape index (κ2) is 4.80. The minimum Gasteiger partial charge on any atom is -0.311 e. The molecule has 1 rings (SSSR count). The lowest BCUT2D eigenvalue weighted by Crippen LogP contribution is -2.38. The third kappa shape index (κ3) is 4.48. The van der Waals surface area contributed by atoms with Crippen LogP contribution in [0.4, 0.5) is 0 Å². The molecule has 0 radical (unpaired) electrons. The van der Waals surface area contributed by atoms with Gasteiger partial charge in [-0.1, -0.05) is 36.8 Å². The van der Waals surface area contributed by atoms with Crippen molar-refractivity contribution in [1.29, 1.82) is 0 Å². The van der Waals surface area contributed by atoms with E-state index in [1.807, 2.05) is 0 Å². The van der Waals surface area contributed by atoms with Crippen molar-refractivity contribution in [1.82, 2.24) is 5.32 Å². The molecule has 0 aromatic heterocycles. The average molecular weight is 205 g/mol. The van der Waals surface area contributed by atoms with Crippen molar-refractivity contribution in [2.24, 2.45) is 0 Å². The Kier molecular flexibility index (Phi) is 3.92. The maximum Gasteiger partial charge on any atom is 0.00967 e. The summed E-state index contributed by atoms with van der Waals surface area (Å²) in [6.45, 7) is 12.1. The molecule has 1 aromatic carbocycles. The quantitative estimate of drug-likeness (QED) is 0.796. The Balaban J connectivity index is 2.58. The molecule has 0 aliphatic carbocycles. The first-order chi connectivity index (χ1) is 6.88. The SMILES string of the molecule is Cc1cccc(C(C)CNC(C)(C)C)c1. The lowest BCUT2D eigenvalue weighted by atomic mass is 9.98. The number of benzene rings is 1. The Hall–Kier alpha value is -0.820. The van der Waals surface area contributed by atoms with Crippen LogP contribution >= 0.6 is 0 Å². The molecule has 0 spiro atoms. The first-order valence-corrected chi connectivity index (χ1v) is 5.70. The van der Waals surface area contributed by atoms with Gasteiger partial charge in [-0.15, -0.1) is 0 Å². The monoisotopic (exact) mass is 205 g/mol. The molecule has 0 bridgehead atoms. The predicted octanol–water partition coefficient (Wildman–Crippen LogP) is 3.49. The summed E-state index contributed by atoms with van der Waals surface area (Å²) >= 11 is 0. The van der Waals surface area contributed by atoms with Gasteiger partial charge in [0, 0.05) is 12.1 Å². The maximum atomic E-state index is 3.54. The molecule has 1 atom stereocenters. The van der Waals surface area contributed by atoms with Gasteiger partial charge in [-0.25, -0.2) is 0 Å². The Labute approximate surface area is 93.9 Å². The van der Waals surface area contributed by atoms with Gasteiger partial charge in [-0.05, 0) is 39.2 Å². The smallest absolute Gasteiger partial charge is 0.00967 e. The Morgan fingerprint density at radius 1 is 1.27 bits per heavy atom. The molecule has 0 heterocycles. The molecular formula is C14H23N. The molecule has 84 valence electrons. The van der Waals surface area contributed by atoms with Crippen molar-refractivity contribution in [3.8, 4) is 0 Å². The minimum absolute atomic E-state index is 0.206. The summed E-state index contributed by atoms with van der Waals surface area (Å²) in [5.41, 5.74) is 2.97. The summed E-state index contributed by atoms with van der Waals surface area (Å²) in [6.07, 6.45) is 0. The van der Waals surface area contributed by atoms with Crippen LogP contribution in [0.15, 0.2) is 24.3 Å². The van der Waals surface area contributed by atoms with Crippen LogP contribution in [0.25, 0.3) is 0 Å². The van der Waals surface area contributed by atoms with E-state index >= 15 is 0 Å². The van der Waals surface area contributed by atoms with Crippen LogP contribution in [0.3, 0.4) is 0 Å². The van der Waals surface area contributed by atoms with E-state index in [9.17, 15) is 0 Å². The van der Waals surface area contributed by atoms with Crippen LogP contribution in [0, 0.1) is 6.92 Å². The zero-order valence-corrected chi connectivity index (χ0v) is 10.6. The van der Waals surface area contributed by atoms with Crippen LogP contribution in [0.5, 0.6) is 0 Å². The Bertz CT molecular complexity index is 309. The fraction of sp³-hybridized carbons (Fsp3) is 0.571. The number of nitrogens with one attached hydrogen (secondary N) is 1. The standard InChI is InChI=1S/C14H23N/c1-11-7-6-8-13(9-11)12(2)10-15-14(3,4)5/h6-9,12,15H,10H2,1-5H3. The highest BCUT2D eigenvalue weighted by molar-refractivity contribution is 5.25. The molecule has 15 heavy (non-hydrogen) atoms. The topological polar surface area (TPSA) is 12.0 Å². The second-order valence-electron chi connectivity index (χ2n) is 5.45. The molecule has 0 saturated heterocycles. The zero-order chi connectivity index (χ0) is 11.5. The molecule has 1 nitrogen and oxygen atoms in total. The summed E-state index contributed by atoms with van der Waals surface area (Å²) in [5.74, 6) is 0.573. The van der Waals surface area contributed by atoms with E-state index in [0.29, 0.717) is 5.92 Å². The van der Waals surface area contributed by atoms with Gasteiger partial charge in [-0.2, -0.15) is 0 Å². The van der Waals surface area contributed by atoms with E-state index in [1.165, 1.54) is 11.1 Å². The van der Waals surface area contributed by atoms with Crippen LogP contribution in [0.1, 0.15) is 44.7 Å². The second-order valence-corrected chi connectivity index (χ2v) is 5.45. The average Bonchev–Trinajstić information content (AvgIpc) is 2.13. The number of hydrogen-bond donors (Lipinski definition) is 1. The molecule has 0 saturated carbocycles. The van der Waals surface area contributed by atoms with Crippen molar-refractivity contribution in [2.75, 3.05) is 6.54 Å². The minimum atomic E-state index is 0.206. The molecule has 1 N–H and O–H groups in total. The number of hydrogen-bond acceptors (Lipinski definition) is 1. The zero-order valence-electron chi connectivity index (χ0n) is 10.6. The van der Waals surface area contributed by atoms with E-state index in [-0.39, 0.29) is 5.54 Å². The molecule has 1 unspecified atom stereocenters. The highest BCUT2D eigenvalue weighted by Crippen LogP contribution is 2.16. The van der Waals surface area contributed by atoms with E-state index in [1.54, 1.807) is 0 Å². The highest BCUT2D eigenvalue weighted by atomic mass is 14.9. The summed E-state index contributed by atoms with van der Waals surface area (Å²) in [5, 5.41) is 3.54. The molecule has 0 aliphatic rings. The van der Waals surface area contributed by atoms with Crippen molar-refractivity contribution >= 4 is 0 Å². The molecule has 0 amide bonds. The molecular weight excluding hydrogens is 182 g/mol. The third-order valence-electron chi connectivity index (χ3n) is 2.55. The largest absolute Gasteiger partial charge is 0.311 e. The van der Waals surface area contributed by atoms with Crippen molar-refractivity contribution in [3.05, 3.63) is 35.4 Å².